The lowest BCUT2D eigenvalue weighted by atomic mass is 10.1. The van der Waals surface area contributed by atoms with Gasteiger partial charge in [-0.3, -0.25) is 0 Å². The summed E-state index contributed by atoms with van der Waals surface area (Å²) < 4.78 is 5.71. The van der Waals surface area contributed by atoms with E-state index in [4.69, 9.17) is 4.74 Å². The number of hydrogen-bond donors (Lipinski definition) is 0. The minimum absolute atomic E-state index is 0.519. The Morgan fingerprint density at radius 2 is 2.07 bits per heavy atom. The lowest BCUT2D eigenvalue weighted by Gasteiger charge is -2.31. The Labute approximate surface area is 96.1 Å². The highest BCUT2D eigenvalue weighted by atomic mass is 79.9. The van der Waals surface area contributed by atoms with Crippen molar-refractivity contribution in [2.24, 2.45) is 0 Å². The zero-order valence-electron chi connectivity index (χ0n) is 9.17. The van der Waals surface area contributed by atoms with E-state index < -0.39 is 0 Å². The summed E-state index contributed by atoms with van der Waals surface area (Å²) >= 11 is 3.39. The monoisotopic (exact) mass is 263 g/mol. The van der Waals surface area contributed by atoms with Gasteiger partial charge >= 0.3 is 0 Å². The largest absolute Gasteiger partial charge is 0.377 e. The van der Waals surface area contributed by atoms with Gasteiger partial charge < -0.3 is 9.64 Å². The second-order valence-electron chi connectivity index (χ2n) is 3.95. The summed E-state index contributed by atoms with van der Waals surface area (Å²) in [6.07, 6.45) is 5.60. The average molecular weight is 264 g/mol. The first-order valence-corrected chi connectivity index (χ1v) is 6.89. The first-order chi connectivity index (χ1) is 6.86. The maximum Gasteiger partial charge on any atom is 0.0599 e. The molecule has 0 aromatic carbocycles. The van der Waals surface area contributed by atoms with Crippen LogP contribution in [0.1, 0.15) is 32.6 Å². The first-order valence-electron chi connectivity index (χ1n) is 5.76. The molecule has 0 aliphatic carbocycles. The normalized spacial score (nSPS) is 20.1. The first kappa shape index (κ1) is 12.5. The van der Waals surface area contributed by atoms with Crippen LogP contribution in [0, 0.1) is 0 Å². The molecule has 1 aliphatic heterocycles. The Morgan fingerprint density at radius 1 is 1.36 bits per heavy atom. The van der Waals surface area contributed by atoms with Crippen LogP contribution in [0.15, 0.2) is 0 Å². The molecule has 1 aliphatic rings. The summed E-state index contributed by atoms with van der Waals surface area (Å²) in [5.41, 5.74) is 0. The van der Waals surface area contributed by atoms with Crippen LogP contribution in [0.4, 0.5) is 0 Å². The van der Waals surface area contributed by atoms with Crippen LogP contribution < -0.4 is 0 Å². The third kappa shape index (κ3) is 4.76. The van der Waals surface area contributed by atoms with E-state index in [2.05, 4.69) is 27.8 Å². The van der Waals surface area contributed by atoms with Gasteiger partial charge in [-0.15, -0.1) is 0 Å². The highest BCUT2D eigenvalue weighted by Gasteiger charge is 2.18. The molecule has 84 valence electrons. The fourth-order valence-corrected chi connectivity index (χ4v) is 2.08. The number of piperidine rings is 1. The molecule has 1 fully saturated rings. The molecule has 0 saturated carbocycles. The standard InChI is InChI=1S/C11H22BrNO/c1-2-3-7-13-8-4-11(5-9-13)14-10-6-12/h11H,2-10H2,1H3. The number of nitrogens with zero attached hydrogens (tertiary/aromatic N) is 1. The summed E-state index contributed by atoms with van der Waals surface area (Å²) in [6, 6.07) is 0. The zero-order chi connectivity index (χ0) is 10.2. The van der Waals surface area contributed by atoms with E-state index in [1.807, 2.05) is 0 Å². The van der Waals surface area contributed by atoms with Crippen molar-refractivity contribution in [3.8, 4) is 0 Å². The summed E-state index contributed by atoms with van der Waals surface area (Å²) in [7, 11) is 0. The molecule has 0 spiro atoms. The highest BCUT2D eigenvalue weighted by molar-refractivity contribution is 9.09. The Balaban J connectivity index is 2.05. The maximum atomic E-state index is 5.71. The molecule has 1 saturated heterocycles. The van der Waals surface area contributed by atoms with Crippen molar-refractivity contribution < 1.29 is 4.74 Å². The number of alkyl halides is 1. The SMILES string of the molecule is CCCCN1CCC(OCCBr)CC1. The van der Waals surface area contributed by atoms with Crippen LogP contribution in [0.3, 0.4) is 0 Å². The number of likely N-dealkylation sites (tertiary alicyclic amines) is 1. The van der Waals surface area contributed by atoms with Crippen molar-refractivity contribution in [2.75, 3.05) is 31.6 Å². The fraction of sp³-hybridized carbons (Fsp3) is 1.00. The molecule has 14 heavy (non-hydrogen) atoms. The number of ether oxygens (including phenoxy) is 1. The molecule has 2 nitrogen and oxygen atoms in total. The number of unbranched alkanes of at least 4 members (excludes halogenated alkanes) is 1. The molecule has 0 atom stereocenters. The van der Waals surface area contributed by atoms with E-state index in [0.717, 1.165) is 11.9 Å². The van der Waals surface area contributed by atoms with E-state index in [0.29, 0.717) is 6.10 Å². The van der Waals surface area contributed by atoms with Gasteiger partial charge in [0.1, 0.15) is 0 Å². The van der Waals surface area contributed by atoms with E-state index in [1.54, 1.807) is 0 Å². The maximum absolute atomic E-state index is 5.71. The summed E-state index contributed by atoms with van der Waals surface area (Å²) in [6.45, 7) is 6.85. The topological polar surface area (TPSA) is 12.5 Å². The molecule has 0 amide bonds. The molecule has 1 heterocycles. The fourth-order valence-electron chi connectivity index (χ4n) is 1.89. The van der Waals surface area contributed by atoms with Gasteiger partial charge in [-0.05, 0) is 25.8 Å². The van der Waals surface area contributed by atoms with Gasteiger partial charge in [-0.2, -0.15) is 0 Å². The van der Waals surface area contributed by atoms with E-state index >= 15 is 0 Å². The molecule has 0 bridgehead atoms. The highest BCUT2D eigenvalue weighted by Crippen LogP contribution is 2.14. The third-order valence-corrected chi connectivity index (χ3v) is 3.12. The Kier molecular flexibility index (Phi) is 6.82. The molecular weight excluding hydrogens is 242 g/mol. The summed E-state index contributed by atoms with van der Waals surface area (Å²) in [5.74, 6) is 0. The molecule has 3 heteroatoms. The van der Waals surface area contributed by atoms with Crippen molar-refractivity contribution in [3.63, 3.8) is 0 Å². The lowest BCUT2D eigenvalue weighted by molar-refractivity contribution is 0.0157. The van der Waals surface area contributed by atoms with Gasteiger partial charge in [0.05, 0.1) is 12.7 Å². The zero-order valence-corrected chi connectivity index (χ0v) is 10.8. The Hall–Kier alpha value is 0.400. The van der Waals surface area contributed by atoms with Crippen molar-refractivity contribution in [3.05, 3.63) is 0 Å². The minimum Gasteiger partial charge on any atom is -0.377 e. The molecule has 0 unspecified atom stereocenters. The Bertz CT molecular complexity index is 119. The van der Waals surface area contributed by atoms with Gasteiger partial charge in [0, 0.05) is 18.4 Å². The minimum atomic E-state index is 0.519. The number of halogens is 1. The molecule has 0 N–H and O–H groups in total. The average Bonchev–Trinajstić information content (AvgIpc) is 2.25. The summed E-state index contributed by atoms with van der Waals surface area (Å²) in [4.78, 5) is 2.57. The molecular formula is C11H22BrNO. The molecule has 0 radical (unpaired) electrons. The van der Waals surface area contributed by atoms with Crippen molar-refractivity contribution in [1.29, 1.82) is 0 Å². The van der Waals surface area contributed by atoms with Gasteiger partial charge in [-0.1, -0.05) is 29.3 Å². The quantitative estimate of drug-likeness (QED) is 0.684. The smallest absolute Gasteiger partial charge is 0.0599 e. The van der Waals surface area contributed by atoms with Crippen LogP contribution >= 0.6 is 15.9 Å². The molecule has 1 rings (SSSR count). The van der Waals surface area contributed by atoms with Crippen molar-refractivity contribution in [1.82, 2.24) is 4.90 Å². The van der Waals surface area contributed by atoms with E-state index in [1.165, 1.54) is 45.3 Å². The Morgan fingerprint density at radius 3 is 2.64 bits per heavy atom. The van der Waals surface area contributed by atoms with Crippen LogP contribution in [0.2, 0.25) is 0 Å². The van der Waals surface area contributed by atoms with Gasteiger partial charge in [0.15, 0.2) is 0 Å². The third-order valence-electron chi connectivity index (χ3n) is 2.79. The van der Waals surface area contributed by atoms with Crippen LogP contribution in [0.5, 0.6) is 0 Å². The summed E-state index contributed by atoms with van der Waals surface area (Å²) in [5, 5.41) is 0.961. The van der Waals surface area contributed by atoms with Crippen molar-refractivity contribution in [2.45, 2.75) is 38.7 Å². The predicted molar refractivity (Wildman–Crippen MR) is 64.1 cm³/mol. The van der Waals surface area contributed by atoms with Crippen LogP contribution in [-0.2, 0) is 4.74 Å². The lowest BCUT2D eigenvalue weighted by Crippen LogP contribution is -2.37. The van der Waals surface area contributed by atoms with E-state index in [9.17, 15) is 0 Å². The van der Waals surface area contributed by atoms with Gasteiger partial charge in [-0.25, -0.2) is 0 Å². The predicted octanol–water partition coefficient (Wildman–Crippen LogP) is 2.66. The molecule has 0 aromatic heterocycles. The molecule has 0 aromatic rings. The van der Waals surface area contributed by atoms with E-state index in [-0.39, 0.29) is 0 Å². The van der Waals surface area contributed by atoms with Gasteiger partial charge in [0.2, 0.25) is 0 Å². The number of hydrogen-bond acceptors (Lipinski definition) is 2. The van der Waals surface area contributed by atoms with Crippen LogP contribution in [0.25, 0.3) is 0 Å². The number of rotatable bonds is 6. The second kappa shape index (κ2) is 7.66. The van der Waals surface area contributed by atoms with Crippen molar-refractivity contribution >= 4 is 15.9 Å². The second-order valence-corrected chi connectivity index (χ2v) is 4.75. The van der Waals surface area contributed by atoms with Gasteiger partial charge in [0.25, 0.3) is 0 Å². The van der Waals surface area contributed by atoms with Crippen LogP contribution in [-0.4, -0.2) is 42.6 Å².